The highest BCUT2D eigenvalue weighted by Gasteiger charge is 2.39. The van der Waals surface area contributed by atoms with Crippen LogP contribution in [0.1, 0.15) is 41.5 Å². The SMILES string of the molecule is Cc1ccc([C@@H]2CC(=O)C3=C(C2)Nc2ncnn2[C@@H]3c2ccc(Cl)cc2)cc1. The summed E-state index contributed by atoms with van der Waals surface area (Å²) in [5.74, 6) is 0.983. The summed E-state index contributed by atoms with van der Waals surface area (Å²) in [5, 5.41) is 8.39. The van der Waals surface area contributed by atoms with Crippen molar-refractivity contribution >= 4 is 23.3 Å². The standard InChI is InChI=1S/C22H19ClN4O/c1-13-2-4-14(5-3-13)16-10-18-20(19(28)11-16)21(15-6-8-17(23)9-7-15)27-22(26-18)24-12-25-27/h2-9,12,16,21H,10-11H2,1H3,(H,24,25,26)/t16-,21+/m0/s1. The van der Waals surface area contributed by atoms with Gasteiger partial charge < -0.3 is 5.32 Å². The number of carbonyl (C=O) groups excluding carboxylic acids is 1. The predicted octanol–water partition coefficient (Wildman–Crippen LogP) is 4.66. The zero-order valence-electron chi connectivity index (χ0n) is 15.4. The first-order valence-corrected chi connectivity index (χ1v) is 9.73. The van der Waals surface area contributed by atoms with Crippen molar-refractivity contribution in [2.24, 2.45) is 0 Å². The number of aryl methyl sites for hydroxylation is 1. The Hall–Kier alpha value is -2.92. The Morgan fingerprint density at radius 1 is 1.04 bits per heavy atom. The minimum absolute atomic E-state index is 0.153. The van der Waals surface area contributed by atoms with Crippen molar-refractivity contribution in [1.29, 1.82) is 0 Å². The molecule has 5 rings (SSSR count). The highest BCUT2D eigenvalue weighted by atomic mass is 35.5. The second kappa shape index (κ2) is 6.60. The number of anilines is 1. The number of carbonyl (C=O) groups is 1. The van der Waals surface area contributed by atoms with Crippen LogP contribution in [0, 0.1) is 6.92 Å². The lowest BCUT2D eigenvalue weighted by Gasteiger charge is -2.35. The molecule has 28 heavy (non-hydrogen) atoms. The summed E-state index contributed by atoms with van der Waals surface area (Å²) in [6.07, 6.45) is 2.80. The first kappa shape index (κ1) is 17.2. The average Bonchev–Trinajstić information content (AvgIpc) is 3.16. The van der Waals surface area contributed by atoms with Gasteiger partial charge in [-0.25, -0.2) is 4.68 Å². The van der Waals surface area contributed by atoms with Gasteiger partial charge in [0.2, 0.25) is 5.95 Å². The van der Waals surface area contributed by atoms with E-state index in [-0.39, 0.29) is 17.7 Å². The topological polar surface area (TPSA) is 59.8 Å². The van der Waals surface area contributed by atoms with Gasteiger partial charge in [-0.3, -0.25) is 4.79 Å². The van der Waals surface area contributed by atoms with Crippen LogP contribution in [0.5, 0.6) is 0 Å². The van der Waals surface area contributed by atoms with Crippen LogP contribution in [0.15, 0.2) is 66.1 Å². The van der Waals surface area contributed by atoms with Crippen LogP contribution in [0.4, 0.5) is 5.95 Å². The minimum Gasteiger partial charge on any atom is -0.328 e. The van der Waals surface area contributed by atoms with E-state index in [1.165, 1.54) is 17.5 Å². The number of Topliss-reactive ketones (excluding diaryl/α,β-unsaturated/α-hetero) is 1. The van der Waals surface area contributed by atoms with Crippen molar-refractivity contribution in [3.05, 3.63) is 87.8 Å². The number of ketones is 1. The van der Waals surface area contributed by atoms with Gasteiger partial charge in [-0.2, -0.15) is 10.1 Å². The lowest BCUT2D eigenvalue weighted by Crippen LogP contribution is -2.33. The van der Waals surface area contributed by atoms with Gasteiger partial charge in [-0.15, -0.1) is 0 Å². The number of halogens is 1. The lowest BCUT2D eigenvalue weighted by atomic mass is 9.78. The smallest absolute Gasteiger partial charge is 0.226 e. The molecule has 5 nitrogen and oxygen atoms in total. The Labute approximate surface area is 168 Å². The van der Waals surface area contributed by atoms with Gasteiger partial charge in [0.1, 0.15) is 12.4 Å². The summed E-state index contributed by atoms with van der Waals surface area (Å²) in [5.41, 5.74) is 5.12. The van der Waals surface area contributed by atoms with Crippen LogP contribution in [0.25, 0.3) is 0 Å². The van der Waals surface area contributed by atoms with E-state index in [4.69, 9.17) is 11.6 Å². The summed E-state index contributed by atoms with van der Waals surface area (Å²) in [6, 6.07) is 15.8. The van der Waals surface area contributed by atoms with Crippen LogP contribution >= 0.6 is 11.6 Å². The van der Waals surface area contributed by atoms with Crippen molar-refractivity contribution in [1.82, 2.24) is 14.8 Å². The van der Waals surface area contributed by atoms with Gasteiger partial charge in [0, 0.05) is 22.7 Å². The molecule has 1 N–H and O–H groups in total. The quantitative estimate of drug-likeness (QED) is 0.691. The Kier molecular flexibility index (Phi) is 4.05. The Morgan fingerprint density at radius 2 is 1.75 bits per heavy atom. The number of aromatic nitrogens is 3. The van der Waals surface area contributed by atoms with Gasteiger partial charge >= 0.3 is 0 Å². The van der Waals surface area contributed by atoms with E-state index in [1.807, 2.05) is 24.3 Å². The molecule has 0 amide bonds. The molecule has 1 aromatic heterocycles. The summed E-state index contributed by atoms with van der Waals surface area (Å²) in [7, 11) is 0. The van der Waals surface area contributed by atoms with Gasteiger partial charge in [0.05, 0.1) is 0 Å². The molecule has 0 saturated carbocycles. The molecule has 6 heteroatoms. The third-order valence-corrected chi connectivity index (χ3v) is 5.85. The molecule has 1 aliphatic heterocycles. The Balaban J connectivity index is 1.58. The van der Waals surface area contributed by atoms with Crippen molar-refractivity contribution in [2.45, 2.75) is 31.7 Å². The zero-order valence-corrected chi connectivity index (χ0v) is 16.1. The number of nitrogens with one attached hydrogen (secondary N) is 1. The molecule has 0 radical (unpaired) electrons. The van der Waals surface area contributed by atoms with E-state index in [1.54, 1.807) is 4.68 Å². The van der Waals surface area contributed by atoms with E-state index in [0.29, 0.717) is 17.4 Å². The highest BCUT2D eigenvalue weighted by molar-refractivity contribution is 6.30. The van der Waals surface area contributed by atoms with Crippen molar-refractivity contribution in [3.63, 3.8) is 0 Å². The van der Waals surface area contributed by atoms with Crippen LogP contribution in [-0.4, -0.2) is 20.5 Å². The van der Waals surface area contributed by atoms with Crippen LogP contribution < -0.4 is 5.32 Å². The number of allylic oxidation sites excluding steroid dienone is 2. The molecule has 0 saturated heterocycles. The van der Waals surface area contributed by atoms with E-state index in [9.17, 15) is 4.79 Å². The molecule has 2 aliphatic rings. The third-order valence-electron chi connectivity index (χ3n) is 5.60. The Morgan fingerprint density at radius 3 is 2.50 bits per heavy atom. The number of fused-ring (bicyclic) bond motifs is 1. The van der Waals surface area contributed by atoms with E-state index in [0.717, 1.165) is 23.3 Å². The fraction of sp³-hybridized carbons (Fsp3) is 0.227. The molecule has 0 fully saturated rings. The fourth-order valence-electron chi connectivity index (χ4n) is 4.18. The van der Waals surface area contributed by atoms with Crippen LogP contribution in [0.2, 0.25) is 5.02 Å². The normalized spacial score (nSPS) is 21.1. The van der Waals surface area contributed by atoms with Crippen LogP contribution in [0.3, 0.4) is 0 Å². The molecule has 0 spiro atoms. The van der Waals surface area contributed by atoms with Gasteiger partial charge in [0.25, 0.3) is 0 Å². The number of rotatable bonds is 2. The van der Waals surface area contributed by atoms with Gasteiger partial charge in [0.15, 0.2) is 5.78 Å². The fourth-order valence-corrected chi connectivity index (χ4v) is 4.31. The van der Waals surface area contributed by atoms with E-state index >= 15 is 0 Å². The molecule has 140 valence electrons. The molecule has 2 heterocycles. The number of nitrogens with zero attached hydrogens (tertiary/aromatic N) is 3. The molecule has 0 unspecified atom stereocenters. The van der Waals surface area contributed by atoms with E-state index in [2.05, 4.69) is 46.6 Å². The maximum atomic E-state index is 13.3. The number of hydrogen-bond donors (Lipinski definition) is 1. The summed E-state index contributed by atoms with van der Waals surface area (Å²) >= 11 is 6.07. The van der Waals surface area contributed by atoms with Crippen LogP contribution in [-0.2, 0) is 4.79 Å². The molecule has 2 aromatic carbocycles. The first-order valence-electron chi connectivity index (χ1n) is 9.35. The zero-order chi connectivity index (χ0) is 19.3. The largest absolute Gasteiger partial charge is 0.328 e. The van der Waals surface area contributed by atoms with Crippen molar-refractivity contribution in [2.75, 3.05) is 5.32 Å². The van der Waals surface area contributed by atoms with E-state index < -0.39 is 0 Å². The average molecular weight is 391 g/mol. The summed E-state index contributed by atoms with van der Waals surface area (Å²) in [4.78, 5) is 17.6. The third kappa shape index (κ3) is 2.83. The molecule has 3 aromatic rings. The van der Waals surface area contributed by atoms with Crippen molar-refractivity contribution < 1.29 is 4.79 Å². The first-order chi connectivity index (χ1) is 13.6. The maximum Gasteiger partial charge on any atom is 0.226 e. The second-order valence-corrected chi connectivity index (χ2v) is 7.87. The molecule has 0 bridgehead atoms. The van der Waals surface area contributed by atoms with Crippen molar-refractivity contribution in [3.8, 4) is 0 Å². The van der Waals surface area contributed by atoms with Gasteiger partial charge in [-0.05, 0) is 42.5 Å². The Bertz CT molecular complexity index is 1080. The molecular formula is C22H19ClN4O. The number of benzene rings is 2. The molecule has 2 atom stereocenters. The number of hydrogen-bond acceptors (Lipinski definition) is 4. The second-order valence-electron chi connectivity index (χ2n) is 7.44. The lowest BCUT2D eigenvalue weighted by molar-refractivity contribution is -0.116. The summed E-state index contributed by atoms with van der Waals surface area (Å²) < 4.78 is 1.78. The molecule has 1 aliphatic carbocycles. The maximum absolute atomic E-state index is 13.3. The minimum atomic E-state index is -0.280. The monoisotopic (exact) mass is 390 g/mol. The highest BCUT2D eigenvalue weighted by Crippen LogP contribution is 2.43. The van der Waals surface area contributed by atoms with Gasteiger partial charge in [-0.1, -0.05) is 53.6 Å². The summed E-state index contributed by atoms with van der Waals surface area (Å²) in [6.45, 7) is 2.07. The predicted molar refractivity (Wildman–Crippen MR) is 108 cm³/mol. The molecular weight excluding hydrogens is 372 g/mol.